The molecule has 2 rings (SSSR count). The molecule has 1 aliphatic rings. The third-order valence-electron chi connectivity index (χ3n) is 3.09. The normalized spacial score (nSPS) is 24.6. The highest BCUT2D eigenvalue weighted by Gasteiger charge is 2.37. The molecule has 1 aromatic rings. The van der Waals surface area contributed by atoms with Gasteiger partial charge in [-0.1, -0.05) is 39.9 Å². The van der Waals surface area contributed by atoms with Gasteiger partial charge in [0.15, 0.2) is 0 Å². The lowest BCUT2D eigenvalue weighted by Crippen LogP contribution is -2.16. The van der Waals surface area contributed by atoms with Gasteiger partial charge in [-0.15, -0.1) is 0 Å². The van der Waals surface area contributed by atoms with Gasteiger partial charge in [0, 0.05) is 17.0 Å². The Kier molecular flexibility index (Phi) is 2.99. The summed E-state index contributed by atoms with van der Waals surface area (Å²) in [5.74, 6) is 2.38. The molecule has 1 aromatic heterocycles. The SMILES string of the molecule is CC1CC1c1nc(=S)c(Br)c(C(C)(C)C)[nH]1. The molecule has 1 saturated carbocycles. The van der Waals surface area contributed by atoms with E-state index >= 15 is 0 Å². The number of hydrogen-bond acceptors (Lipinski definition) is 2. The van der Waals surface area contributed by atoms with Gasteiger partial charge in [0.1, 0.15) is 10.5 Å². The van der Waals surface area contributed by atoms with Gasteiger partial charge in [0.25, 0.3) is 0 Å². The van der Waals surface area contributed by atoms with E-state index < -0.39 is 0 Å². The summed E-state index contributed by atoms with van der Waals surface area (Å²) >= 11 is 8.84. The zero-order valence-electron chi connectivity index (χ0n) is 10.1. The fourth-order valence-corrected chi connectivity index (χ4v) is 2.85. The second-order valence-corrected chi connectivity index (χ2v) is 6.87. The van der Waals surface area contributed by atoms with Crippen LogP contribution in [0.4, 0.5) is 0 Å². The topological polar surface area (TPSA) is 28.7 Å². The fourth-order valence-electron chi connectivity index (χ4n) is 1.87. The molecule has 0 amide bonds. The number of nitrogens with one attached hydrogen (secondary N) is 1. The van der Waals surface area contributed by atoms with E-state index in [2.05, 4.69) is 53.6 Å². The second kappa shape index (κ2) is 3.91. The average Bonchev–Trinajstić information content (AvgIpc) is 2.85. The smallest absolute Gasteiger partial charge is 0.144 e. The van der Waals surface area contributed by atoms with Gasteiger partial charge in [0.2, 0.25) is 0 Å². The highest BCUT2D eigenvalue weighted by atomic mass is 79.9. The lowest BCUT2D eigenvalue weighted by Gasteiger charge is -2.21. The van der Waals surface area contributed by atoms with Crippen molar-refractivity contribution in [1.29, 1.82) is 0 Å². The quantitative estimate of drug-likeness (QED) is 0.782. The second-order valence-electron chi connectivity index (χ2n) is 5.69. The van der Waals surface area contributed by atoms with Crippen LogP contribution in [-0.4, -0.2) is 9.97 Å². The maximum absolute atomic E-state index is 5.30. The van der Waals surface area contributed by atoms with Crippen LogP contribution >= 0.6 is 28.1 Å². The minimum absolute atomic E-state index is 0.0577. The predicted octanol–water partition coefficient (Wildman–Crippen LogP) is 4.32. The summed E-state index contributed by atoms with van der Waals surface area (Å²) in [5.41, 5.74) is 1.21. The summed E-state index contributed by atoms with van der Waals surface area (Å²) in [7, 11) is 0. The maximum Gasteiger partial charge on any atom is 0.144 e. The summed E-state index contributed by atoms with van der Waals surface area (Å²) < 4.78 is 1.62. The van der Waals surface area contributed by atoms with Crippen molar-refractivity contribution in [2.24, 2.45) is 5.92 Å². The third-order valence-corrected chi connectivity index (χ3v) is 4.42. The van der Waals surface area contributed by atoms with E-state index in [-0.39, 0.29) is 5.41 Å². The van der Waals surface area contributed by atoms with Crippen molar-refractivity contribution in [1.82, 2.24) is 9.97 Å². The summed E-state index contributed by atoms with van der Waals surface area (Å²) in [6.07, 6.45) is 1.23. The molecule has 0 aliphatic heterocycles. The van der Waals surface area contributed by atoms with Crippen LogP contribution in [0.15, 0.2) is 4.47 Å². The Bertz CT molecular complexity index is 473. The Morgan fingerprint density at radius 3 is 2.44 bits per heavy atom. The van der Waals surface area contributed by atoms with Crippen LogP contribution in [-0.2, 0) is 5.41 Å². The predicted molar refractivity (Wildman–Crippen MR) is 72.3 cm³/mol. The zero-order chi connectivity index (χ0) is 12.1. The van der Waals surface area contributed by atoms with Gasteiger partial charge in [-0.2, -0.15) is 0 Å². The molecule has 16 heavy (non-hydrogen) atoms. The number of H-pyrrole nitrogens is 1. The van der Waals surface area contributed by atoms with Crippen molar-refractivity contribution >= 4 is 28.1 Å². The van der Waals surface area contributed by atoms with E-state index in [4.69, 9.17) is 12.2 Å². The molecule has 1 aliphatic carbocycles. The zero-order valence-corrected chi connectivity index (χ0v) is 12.5. The summed E-state index contributed by atoms with van der Waals surface area (Å²) in [6, 6.07) is 0. The molecule has 0 aromatic carbocycles. The van der Waals surface area contributed by atoms with E-state index in [1.54, 1.807) is 0 Å². The molecule has 1 fully saturated rings. The minimum atomic E-state index is 0.0577. The molecule has 0 saturated heterocycles. The van der Waals surface area contributed by atoms with Crippen molar-refractivity contribution in [2.45, 2.75) is 45.4 Å². The summed E-state index contributed by atoms with van der Waals surface area (Å²) in [4.78, 5) is 7.93. The number of halogens is 1. The molecule has 0 spiro atoms. The number of aromatic nitrogens is 2. The minimum Gasteiger partial charge on any atom is -0.345 e. The highest BCUT2D eigenvalue weighted by molar-refractivity contribution is 9.10. The largest absolute Gasteiger partial charge is 0.345 e. The van der Waals surface area contributed by atoms with E-state index in [1.807, 2.05) is 0 Å². The van der Waals surface area contributed by atoms with Gasteiger partial charge in [-0.3, -0.25) is 0 Å². The van der Waals surface area contributed by atoms with E-state index in [0.29, 0.717) is 10.6 Å². The average molecular weight is 301 g/mol. The molecular formula is C12H17BrN2S. The Morgan fingerprint density at radius 2 is 2.00 bits per heavy atom. The fraction of sp³-hybridized carbons (Fsp3) is 0.667. The Morgan fingerprint density at radius 1 is 1.44 bits per heavy atom. The highest BCUT2D eigenvalue weighted by Crippen LogP contribution is 2.46. The summed E-state index contributed by atoms with van der Waals surface area (Å²) in [6.45, 7) is 8.79. The molecule has 2 atom stereocenters. The van der Waals surface area contributed by atoms with Crippen molar-refractivity contribution in [3.05, 3.63) is 20.6 Å². The standard InChI is InChI=1S/C12H17BrN2S/c1-6-5-7(6)10-14-9(12(2,3)4)8(13)11(16)15-10/h6-7H,5H2,1-4H3,(H,14,15,16). The van der Waals surface area contributed by atoms with Crippen LogP contribution in [0.5, 0.6) is 0 Å². The van der Waals surface area contributed by atoms with Crippen LogP contribution in [0.25, 0.3) is 0 Å². The van der Waals surface area contributed by atoms with Gasteiger partial charge in [-0.25, -0.2) is 4.98 Å². The van der Waals surface area contributed by atoms with Crippen LogP contribution < -0.4 is 0 Å². The molecule has 1 N–H and O–H groups in total. The first-order chi connectivity index (χ1) is 7.30. The molecule has 2 nitrogen and oxygen atoms in total. The lowest BCUT2D eigenvalue weighted by atomic mass is 9.92. The maximum atomic E-state index is 5.30. The Labute approximate surface area is 110 Å². The molecule has 0 bridgehead atoms. The van der Waals surface area contributed by atoms with Crippen LogP contribution in [0.3, 0.4) is 0 Å². The van der Waals surface area contributed by atoms with Gasteiger partial charge in [0.05, 0.1) is 4.47 Å². The van der Waals surface area contributed by atoms with Crippen LogP contribution in [0.1, 0.15) is 51.6 Å². The number of nitrogens with zero attached hydrogens (tertiary/aromatic N) is 1. The monoisotopic (exact) mass is 300 g/mol. The van der Waals surface area contributed by atoms with Crippen molar-refractivity contribution in [3.8, 4) is 0 Å². The summed E-state index contributed by atoms with van der Waals surface area (Å²) in [5, 5.41) is 0. The van der Waals surface area contributed by atoms with E-state index in [0.717, 1.165) is 21.9 Å². The van der Waals surface area contributed by atoms with Gasteiger partial charge >= 0.3 is 0 Å². The van der Waals surface area contributed by atoms with Crippen LogP contribution in [0.2, 0.25) is 0 Å². The Hall–Kier alpha value is -0.220. The third kappa shape index (κ3) is 2.23. The Balaban J connectivity index is 2.52. The first kappa shape index (κ1) is 12.2. The first-order valence-corrected chi connectivity index (χ1v) is 6.81. The first-order valence-electron chi connectivity index (χ1n) is 5.61. The molecule has 4 heteroatoms. The molecular weight excluding hydrogens is 284 g/mol. The van der Waals surface area contributed by atoms with Crippen molar-refractivity contribution in [3.63, 3.8) is 0 Å². The van der Waals surface area contributed by atoms with E-state index in [9.17, 15) is 0 Å². The van der Waals surface area contributed by atoms with Crippen molar-refractivity contribution < 1.29 is 0 Å². The van der Waals surface area contributed by atoms with Gasteiger partial charge < -0.3 is 4.98 Å². The molecule has 88 valence electrons. The molecule has 2 unspecified atom stereocenters. The number of hydrogen-bond donors (Lipinski definition) is 1. The number of rotatable bonds is 1. The van der Waals surface area contributed by atoms with Crippen LogP contribution in [0, 0.1) is 10.6 Å². The lowest BCUT2D eigenvalue weighted by molar-refractivity contribution is 0.556. The van der Waals surface area contributed by atoms with E-state index in [1.165, 1.54) is 6.42 Å². The van der Waals surface area contributed by atoms with Crippen molar-refractivity contribution in [2.75, 3.05) is 0 Å². The van der Waals surface area contributed by atoms with Gasteiger partial charge in [-0.05, 0) is 28.3 Å². The molecule has 1 heterocycles. The number of aromatic amines is 1. The molecule has 0 radical (unpaired) electrons.